The summed E-state index contributed by atoms with van der Waals surface area (Å²) >= 11 is 0. The zero-order chi connectivity index (χ0) is 49.0. The molecule has 0 saturated heterocycles. The highest BCUT2D eigenvalue weighted by molar-refractivity contribution is 6.21. The fourth-order valence-electron chi connectivity index (χ4n) is 15.1. The van der Waals surface area contributed by atoms with Gasteiger partial charge in [-0.1, -0.05) is 139 Å². The molecule has 2 aromatic heterocycles. The number of para-hydroxylation sites is 2. The Morgan fingerprint density at radius 3 is 1.82 bits per heavy atom. The van der Waals surface area contributed by atoms with Crippen molar-refractivity contribution in [1.82, 2.24) is 0 Å². The minimum absolute atomic E-state index is 0.223. The lowest BCUT2D eigenvalue weighted by Crippen LogP contribution is -2.24. The van der Waals surface area contributed by atoms with Crippen molar-refractivity contribution in [2.45, 2.75) is 96.0 Å². The maximum Gasteiger partial charge on any atom is 0.144 e. The van der Waals surface area contributed by atoms with Crippen molar-refractivity contribution in [1.29, 1.82) is 0 Å². The molecule has 0 radical (unpaired) electrons. The molecule has 2 atom stereocenters. The number of fused-ring (bicyclic) bond motifs is 22. The second-order valence-electron chi connectivity index (χ2n) is 23.4. The second kappa shape index (κ2) is 14.0. The number of aryl methyl sites for hydroxylation is 1. The summed E-state index contributed by atoms with van der Waals surface area (Å²) < 4.78 is 20.8. The Balaban J connectivity index is 0.920. The maximum absolute atomic E-state index is 7.09. The molecule has 3 heterocycles. The van der Waals surface area contributed by atoms with E-state index in [-0.39, 0.29) is 22.3 Å². The second-order valence-corrected chi connectivity index (χ2v) is 23.4. The fourth-order valence-corrected chi connectivity index (χ4v) is 15.1. The molecule has 0 amide bonds. The topological polar surface area (TPSA) is 38.8 Å². The number of nitrogens with zero attached hydrogens (tertiary/aromatic N) is 1. The van der Waals surface area contributed by atoms with Crippen molar-refractivity contribution in [2.75, 3.05) is 4.90 Å². The molecule has 0 spiro atoms. The standard InChI is InChI=1S/C69H55NO3/c1-37-17-8-9-18-41(37)49-36-53-58(60-48-22-16-26-56(48)72-65(49)60)45-31-28-38(33-51(45)67(53,2)3)70(40-27-30-43-42-19-11-14-24-54(42)71-57(43)35-40)39-29-32-46-52(34-39)69(6,7)64-62(46)66-61(47-21-12-15-25-55(47)73-66)59-44-20-10-13-23-50(44)68(4,5)63(59)64/h8-15,17-21,23-25,27-36,48,56H,16,22,26H2,1-7H3. The largest absolute Gasteiger partial charge is 0.489 e. The van der Waals surface area contributed by atoms with Crippen LogP contribution in [0.15, 0.2) is 167 Å². The summed E-state index contributed by atoms with van der Waals surface area (Å²) in [5.41, 5.74) is 27.4. The van der Waals surface area contributed by atoms with E-state index in [1.807, 2.05) is 0 Å². The third kappa shape index (κ3) is 5.26. The van der Waals surface area contributed by atoms with Crippen molar-refractivity contribution in [3.63, 3.8) is 0 Å². The SMILES string of the molecule is Cc1ccccc1-c1cc2c(c3c1OC1CCCC31)-c1ccc(N(c3ccc4c(c3)C(C)(C)c3c5c(c6c(oc7ccccc76)c3-4)-c3ccccc3C5(C)C)c3ccc4c(c3)oc3ccccc34)cc1C2(C)C. The zero-order valence-corrected chi connectivity index (χ0v) is 42.5. The molecule has 4 nitrogen and oxygen atoms in total. The van der Waals surface area contributed by atoms with Crippen LogP contribution in [0.1, 0.15) is 111 Å². The maximum atomic E-state index is 7.09. The minimum Gasteiger partial charge on any atom is -0.489 e. The van der Waals surface area contributed by atoms with E-state index in [2.05, 4.69) is 211 Å². The average molecular weight is 946 g/mol. The first kappa shape index (κ1) is 41.8. The average Bonchev–Trinajstić information content (AvgIpc) is 4.28. The van der Waals surface area contributed by atoms with Gasteiger partial charge in [0.2, 0.25) is 0 Å². The highest BCUT2D eigenvalue weighted by Gasteiger charge is 2.50. The molecule has 1 fully saturated rings. The molecule has 0 N–H and O–H groups in total. The number of hydrogen-bond acceptors (Lipinski definition) is 4. The lowest BCUT2D eigenvalue weighted by Gasteiger charge is -2.32. The van der Waals surface area contributed by atoms with Crippen molar-refractivity contribution >= 4 is 60.9 Å². The Morgan fingerprint density at radius 1 is 0.452 bits per heavy atom. The molecule has 0 bridgehead atoms. The summed E-state index contributed by atoms with van der Waals surface area (Å²) in [6.45, 7) is 16.9. The van der Waals surface area contributed by atoms with Gasteiger partial charge in [0.15, 0.2) is 0 Å². The van der Waals surface area contributed by atoms with E-state index in [4.69, 9.17) is 13.6 Å². The van der Waals surface area contributed by atoms with E-state index >= 15 is 0 Å². The molecule has 354 valence electrons. The normalized spacial score (nSPS) is 18.6. The molecule has 5 aliphatic rings. The fraction of sp³-hybridized carbons (Fsp3) is 0.217. The van der Waals surface area contributed by atoms with E-state index in [0.717, 1.165) is 62.3 Å². The van der Waals surface area contributed by atoms with Gasteiger partial charge in [-0.3, -0.25) is 0 Å². The monoisotopic (exact) mass is 945 g/mol. The Hall–Kier alpha value is -7.82. The van der Waals surface area contributed by atoms with E-state index in [0.29, 0.717) is 5.92 Å². The Morgan fingerprint density at radius 2 is 1.04 bits per heavy atom. The van der Waals surface area contributed by atoms with Crippen LogP contribution in [0, 0.1) is 6.92 Å². The Kier molecular flexibility index (Phi) is 8.02. The summed E-state index contributed by atoms with van der Waals surface area (Å²) in [5.74, 6) is 1.51. The molecule has 73 heavy (non-hydrogen) atoms. The number of benzene rings is 9. The number of hydrogen-bond donors (Lipinski definition) is 0. The van der Waals surface area contributed by atoms with Crippen LogP contribution >= 0.6 is 0 Å². The van der Waals surface area contributed by atoms with Crippen LogP contribution in [0.2, 0.25) is 0 Å². The van der Waals surface area contributed by atoms with Crippen LogP contribution in [0.4, 0.5) is 17.1 Å². The van der Waals surface area contributed by atoms with Gasteiger partial charge in [-0.25, -0.2) is 0 Å². The molecule has 1 aliphatic heterocycles. The number of furan rings is 2. The highest BCUT2D eigenvalue weighted by Crippen LogP contribution is 2.65. The Bertz CT molecular complexity index is 4290. The summed E-state index contributed by atoms with van der Waals surface area (Å²) in [5, 5.41) is 4.65. The van der Waals surface area contributed by atoms with Crippen LogP contribution in [0.3, 0.4) is 0 Å². The molecule has 4 aliphatic carbocycles. The summed E-state index contributed by atoms with van der Waals surface area (Å²) in [4.78, 5) is 2.48. The van der Waals surface area contributed by atoms with E-state index < -0.39 is 0 Å². The van der Waals surface area contributed by atoms with Crippen LogP contribution < -0.4 is 9.64 Å². The minimum atomic E-state index is -0.359. The first-order chi connectivity index (χ1) is 35.4. The zero-order valence-electron chi connectivity index (χ0n) is 42.5. The van der Waals surface area contributed by atoms with E-state index in [1.54, 1.807) is 0 Å². The third-order valence-corrected chi connectivity index (χ3v) is 18.5. The highest BCUT2D eigenvalue weighted by atomic mass is 16.5. The first-order valence-electron chi connectivity index (χ1n) is 26.5. The molecule has 2 unspecified atom stereocenters. The van der Waals surface area contributed by atoms with Gasteiger partial charge in [-0.05, 0) is 153 Å². The molecule has 11 aromatic rings. The quantitative estimate of drug-likeness (QED) is 0.176. The van der Waals surface area contributed by atoms with Gasteiger partial charge in [-0.2, -0.15) is 0 Å². The summed E-state index contributed by atoms with van der Waals surface area (Å²) in [7, 11) is 0. The number of rotatable bonds is 4. The van der Waals surface area contributed by atoms with E-state index in [1.165, 1.54) is 113 Å². The van der Waals surface area contributed by atoms with Gasteiger partial charge >= 0.3 is 0 Å². The molecule has 9 aromatic carbocycles. The molecule has 1 saturated carbocycles. The number of anilines is 3. The van der Waals surface area contributed by atoms with Crippen molar-refractivity contribution in [3.8, 4) is 50.3 Å². The lowest BCUT2D eigenvalue weighted by molar-refractivity contribution is 0.226. The van der Waals surface area contributed by atoms with Gasteiger partial charge in [-0.15, -0.1) is 0 Å². The lowest BCUT2D eigenvalue weighted by atomic mass is 9.72. The van der Waals surface area contributed by atoms with Crippen molar-refractivity contribution in [2.24, 2.45) is 0 Å². The summed E-state index contributed by atoms with van der Waals surface area (Å²) in [6.07, 6.45) is 3.72. The van der Waals surface area contributed by atoms with Gasteiger partial charge < -0.3 is 18.5 Å². The van der Waals surface area contributed by atoms with Gasteiger partial charge in [0.1, 0.15) is 34.2 Å². The van der Waals surface area contributed by atoms with Crippen molar-refractivity contribution in [3.05, 3.63) is 202 Å². The predicted molar refractivity (Wildman–Crippen MR) is 300 cm³/mol. The first-order valence-corrected chi connectivity index (χ1v) is 26.5. The summed E-state index contributed by atoms with van der Waals surface area (Å²) in [6, 6.07) is 58.7. The third-order valence-electron chi connectivity index (χ3n) is 18.5. The Labute approximate surface area is 425 Å². The van der Waals surface area contributed by atoms with Gasteiger partial charge in [0, 0.05) is 83.5 Å². The van der Waals surface area contributed by atoms with Crippen molar-refractivity contribution < 1.29 is 13.6 Å². The van der Waals surface area contributed by atoms with Crippen LogP contribution in [0.5, 0.6) is 5.75 Å². The number of ether oxygens (including phenoxy) is 1. The van der Waals surface area contributed by atoms with Crippen LogP contribution in [-0.4, -0.2) is 6.10 Å². The predicted octanol–water partition coefficient (Wildman–Crippen LogP) is 18.9. The smallest absolute Gasteiger partial charge is 0.144 e. The van der Waals surface area contributed by atoms with E-state index in [9.17, 15) is 0 Å². The molecule has 4 heteroatoms. The van der Waals surface area contributed by atoms with Crippen LogP contribution in [-0.2, 0) is 16.2 Å². The molecule has 16 rings (SSSR count). The van der Waals surface area contributed by atoms with Crippen LogP contribution in [0.25, 0.3) is 88.4 Å². The van der Waals surface area contributed by atoms with Gasteiger partial charge in [0.25, 0.3) is 0 Å². The van der Waals surface area contributed by atoms with Gasteiger partial charge in [0.05, 0.1) is 0 Å². The molecular formula is C69H55NO3. The molecular weight excluding hydrogens is 891 g/mol.